The molecule has 0 spiro atoms. The van der Waals surface area contributed by atoms with E-state index in [0.717, 1.165) is 26.4 Å². The van der Waals surface area contributed by atoms with Gasteiger partial charge in [-0.05, 0) is 52.6 Å². The molecule has 0 fully saturated rings. The van der Waals surface area contributed by atoms with Crippen molar-refractivity contribution < 1.29 is 14.3 Å². The van der Waals surface area contributed by atoms with E-state index in [1.54, 1.807) is 30.5 Å². The van der Waals surface area contributed by atoms with Crippen LogP contribution in [-0.2, 0) is 11.4 Å². The first kappa shape index (κ1) is 26.1. The van der Waals surface area contributed by atoms with Gasteiger partial charge in [-0.25, -0.2) is 5.43 Å². The molecule has 0 aliphatic heterocycles. The number of hydrogen-bond donors (Lipinski definition) is 2. The second-order valence-corrected chi connectivity index (χ2v) is 9.82. The van der Waals surface area contributed by atoms with Crippen molar-refractivity contribution in [2.75, 3.05) is 0 Å². The van der Waals surface area contributed by atoms with E-state index in [9.17, 15) is 9.59 Å². The Morgan fingerprint density at radius 1 is 0.919 bits per heavy atom. The van der Waals surface area contributed by atoms with Crippen molar-refractivity contribution in [3.05, 3.63) is 112 Å². The topological polar surface area (TPSA) is 79.8 Å². The normalized spacial score (nSPS) is 12.0. The van der Waals surface area contributed by atoms with Crippen LogP contribution in [0.15, 0.2) is 101 Å². The molecule has 0 heterocycles. The van der Waals surface area contributed by atoms with Crippen molar-refractivity contribution in [2.45, 2.75) is 26.5 Å². The zero-order valence-corrected chi connectivity index (χ0v) is 22.2. The van der Waals surface area contributed by atoms with Crippen LogP contribution in [0.4, 0.5) is 0 Å². The highest BCUT2D eigenvalue weighted by atomic mass is 79.9. The van der Waals surface area contributed by atoms with Crippen molar-refractivity contribution in [2.24, 2.45) is 11.0 Å². The Morgan fingerprint density at radius 2 is 1.62 bits per heavy atom. The standard InChI is InChI=1S/C30H28BrN3O3/c1-20(2)28(33-29(35)23-9-4-3-5-10-23)30(36)34-32-18-26-25-11-7-6-8-22(25)14-17-27(26)37-19-21-12-15-24(31)16-13-21/h3-18,20,28H,19H2,1-2H3,(H,33,35)(H,34,36). The second kappa shape index (κ2) is 12.3. The maximum absolute atomic E-state index is 13.0. The van der Waals surface area contributed by atoms with Crippen LogP contribution in [0.5, 0.6) is 5.75 Å². The molecule has 1 unspecified atom stereocenters. The lowest BCUT2D eigenvalue weighted by Crippen LogP contribution is -2.48. The Hall–Kier alpha value is -3.97. The number of nitrogens with one attached hydrogen (secondary N) is 2. The molecule has 0 aromatic heterocycles. The van der Waals surface area contributed by atoms with Gasteiger partial charge in [0.1, 0.15) is 18.4 Å². The Kier molecular flexibility index (Phi) is 8.69. The van der Waals surface area contributed by atoms with E-state index in [0.29, 0.717) is 17.9 Å². The first-order valence-corrected chi connectivity index (χ1v) is 12.8. The Balaban J connectivity index is 1.51. The molecule has 0 saturated heterocycles. The molecule has 0 bridgehead atoms. The zero-order valence-electron chi connectivity index (χ0n) is 20.6. The summed E-state index contributed by atoms with van der Waals surface area (Å²) in [6.45, 7) is 4.13. The lowest BCUT2D eigenvalue weighted by molar-refractivity contribution is -0.123. The van der Waals surface area contributed by atoms with Crippen LogP contribution in [0, 0.1) is 5.92 Å². The fourth-order valence-electron chi connectivity index (χ4n) is 3.86. The summed E-state index contributed by atoms with van der Waals surface area (Å²) in [4.78, 5) is 25.6. The highest BCUT2D eigenvalue weighted by molar-refractivity contribution is 9.10. The molecule has 4 aromatic rings. The molecule has 37 heavy (non-hydrogen) atoms. The van der Waals surface area contributed by atoms with E-state index >= 15 is 0 Å². The minimum absolute atomic E-state index is 0.134. The molecule has 4 rings (SSSR count). The first-order chi connectivity index (χ1) is 17.9. The van der Waals surface area contributed by atoms with Gasteiger partial charge < -0.3 is 10.1 Å². The maximum Gasteiger partial charge on any atom is 0.262 e. The summed E-state index contributed by atoms with van der Waals surface area (Å²) in [5.41, 5.74) is 4.87. The highest BCUT2D eigenvalue weighted by Crippen LogP contribution is 2.27. The number of rotatable bonds is 9. The Morgan fingerprint density at radius 3 is 2.35 bits per heavy atom. The fourth-order valence-corrected chi connectivity index (χ4v) is 4.12. The van der Waals surface area contributed by atoms with Gasteiger partial charge in [-0.3, -0.25) is 9.59 Å². The van der Waals surface area contributed by atoms with E-state index in [2.05, 4.69) is 31.8 Å². The van der Waals surface area contributed by atoms with Crippen LogP contribution in [0.25, 0.3) is 10.8 Å². The molecule has 0 aliphatic rings. The van der Waals surface area contributed by atoms with Crippen molar-refractivity contribution in [1.29, 1.82) is 0 Å². The summed E-state index contributed by atoms with van der Waals surface area (Å²) >= 11 is 3.45. The largest absolute Gasteiger partial charge is 0.488 e. The molecular weight excluding hydrogens is 530 g/mol. The molecule has 4 aromatic carbocycles. The quantitative estimate of drug-likeness (QED) is 0.193. The summed E-state index contributed by atoms with van der Waals surface area (Å²) < 4.78 is 7.14. The number of carbonyl (C=O) groups is 2. The molecular formula is C30H28BrN3O3. The predicted molar refractivity (Wildman–Crippen MR) is 151 cm³/mol. The van der Waals surface area contributed by atoms with Crippen LogP contribution in [0.2, 0.25) is 0 Å². The molecule has 2 amide bonds. The van der Waals surface area contributed by atoms with Gasteiger partial charge in [0, 0.05) is 15.6 Å². The number of benzene rings is 4. The third kappa shape index (κ3) is 6.83. The van der Waals surface area contributed by atoms with E-state index in [-0.39, 0.29) is 11.8 Å². The van der Waals surface area contributed by atoms with E-state index in [1.807, 2.05) is 80.6 Å². The number of hydrazone groups is 1. The maximum atomic E-state index is 13.0. The van der Waals surface area contributed by atoms with Crippen molar-refractivity contribution in [3.8, 4) is 5.75 Å². The van der Waals surface area contributed by atoms with E-state index < -0.39 is 11.9 Å². The van der Waals surface area contributed by atoms with Gasteiger partial charge in [-0.2, -0.15) is 5.10 Å². The molecule has 0 saturated carbocycles. The monoisotopic (exact) mass is 557 g/mol. The van der Waals surface area contributed by atoms with Gasteiger partial charge in [0.25, 0.3) is 11.8 Å². The van der Waals surface area contributed by atoms with Crippen LogP contribution in [-0.4, -0.2) is 24.1 Å². The third-order valence-corrected chi connectivity index (χ3v) is 6.41. The molecule has 188 valence electrons. The van der Waals surface area contributed by atoms with Gasteiger partial charge in [-0.1, -0.05) is 90.4 Å². The van der Waals surface area contributed by atoms with Crippen LogP contribution in [0.3, 0.4) is 0 Å². The number of halogens is 1. The molecule has 2 N–H and O–H groups in total. The summed E-state index contributed by atoms with van der Waals surface area (Å²) in [5.74, 6) is -0.188. The molecule has 0 radical (unpaired) electrons. The predicted octanol–water partition coefficient (Wildman–Crippen LogP) is 6.09. The smallest absolute Gasteiger partial charge is 0.262 e. The van der Waals surface area contributed by atoms with Crippen LogP contribution < -0.4 is 15.5 Å². The van der Waals surface area contributed by atoms with Crippen LogP contribution in [0.1, 0.15) is 35.3 Å². The van der Waals surface area contributed by atoms with Gasteiger partial charge in [0.05, 0.1) is 6.21 Å². The number of nitrogens with zero attached hydrogens (tertiary/aromatic N) is 1. The fraction of sp³-hybridized carbons (Fsp3) is 0.167. The minimum atomic E-state index is -0.745. The summed E-state index contributed by atoms with van der Waals surface area (Å²) in [5, 5.41) is 9.03. The third-order valence-electron chi connectivity index (χ3n) is 5.88. The molecule has 1 atom stereocenters. The highest BCUT2D eigenvalue weighted by Gasteiger charge is 2.24. The van der Waals surface area contributed by atoms with Gasteiger partial charge >= 0.3 is 0 Å². The first-order valence-electron chi connectivity index (χ1n) is 12.0. The zero-order chi connectivity index (χ0) is 26.2. The number of hydrogen-bond acceptors (Lipinski definition) is 4. The SMILES string of the molecule is CC(C)C(NC(=O)c1ccccc1)C(=O)NN=Cc1c(OCc2ccc(Br)cc2)ccc2ccccc12. The Labute approximate surface area is 224 Å². The van der Waals surface area contributed by atoms with E-state index in [1.165, 1.54) is 0 Å². The van der Waals surface area contributed by atoms with E-state index in [4.69, 9.17) is 4.74 Å². The lowest BCUT2D eigenvalue weighted by atomic mass is 10.0. The molecule has 6 nitrogen and oxygen atoms in total. The van der Waals surface area contributed by atoms with Crippen molar-refractivity contribution >= 4 is 44.7 Å². The molecule has 7 heteroatoms. The summed E-state index contributed by atoms with van der Waals surface area (Å²) in [6.07, 6.45) is 1.59. The number of ether oxygens (including phenoxy) is 1. The van der Waals surface area contributed by atoms with Crippen LogP contribution >= 0.6 is 15.9 Å². The number of amides is 2. The van der Waals surface area contributed by atoms with Gasteiger partial charge in [0.2, 0.25) is 0 Å². The minimum Gasteiger partial charge on any atom is -0.488 e. The Bertz CT molecular complexity index is 1400. The van der Waals surface area contributed by atoms with Gasteiger partial charge in [0.15, 0.2) is 0 Å². The summed E-state index contributed by atoms with van der Waals surface area (Å²) in [6, 6.07) is 27.8. The molecule has 0 aliphatic carbocycles. The second-order valence-electron chi connectivity index (χ2n) is 8.91. The summed E-state index contributed by atoms with van der Waals surface area (Å²) in [7, 11) is 0. The average molecular weight is 558 g/mol. The number of fused-ring (bicyclic) bond motifs is 1. The van der Waals surface area contributed by atoms with Gasteiger partial charge in [-0.15, -0.1) is 0 Å². The number of carbonyl (C=O) groups excluding carboxylic acids is 2. The van der Waals surface area contributed by atoms with Crippen molar-refractivity contribution in [1.82, 2.24) is 10.7 Å². The average Bonchev–Trinajstić information content (AvgIpc) is 2.92. The van der Waals surface area contributed by atoms with Crippen molar-refractivity contribution in [3.63, 3.8) is 0 Å². The lowest BCUT2D eigenvalue weighted by Gasteiger charge is -2.20.